The van der Waals surface area contributed by atoms with Gasteiger partial charge >= 0.3 is 5.69 Å². The van der Waals surface area contributed by atoms with Crippen molar-refractivity contribution in [1.29, 1.82) is 0 Å². The highest BCUT2D eigenvalue weighted by Gasteiger charge is 2.16. The molecule has 1 aromatic carbocycles. The fourth-order valence-electron chi connectivity index (χ4n) is 3.26. The number of aryl methyl sites for hydroxylation is 2. The molecule has 0 unspecified atom stereocenters. The highest BCUT2D eigenvalue weighted by atomic mass is 35.5. The predicted molar refractivity (Wildman–Crippen MR) is 116 cm³/mol. The fraction of sp³-hybridized carbons (Fsp3) is 0.190. The number of hydrogen-bond donors (Lipinski definition) is 1. The number of halogens is 2. The highest BCUT2D eigenvalue weighted by Crippen LogP contribution is 2.28. The van der Waals surface area contributed by atoms with Gasteiger partial charge in [-0.15, -0.1) is 0 Å². The molecule has 0 bridgehead atoms. The molecular formula is C21H18Cl2N4O3. The van der Waals surface area contributed by atoms with Crippen LogP contribution in [0.5, 0.6) is 0 Å². The molecule has 0 spiro atoms. The normalized spacial score (nSPS) is 11.2. The predicted octanol–water partition coefficient (Wildman–Crippen LogP) is 3.93. The van der Waals surface area contributed by atoms with Crippen LogP contribution in [0, 0.1) is 6.92 Å². The van der Waals surface area contributed by atoms with Crippen LogP contribution in [0.2, 0.25) is 10.0 Å². The van der Waals surface area contributed by atoms with Gasteiger partial charge in [0.05, 0.1) is 12.1 Å². The van der Waals surface area contributed by atoms with Crippen molar-refractivity contribution < 1.29 is 9.21 Å². The van der Waals surface area contributed by atoms with Gasteiger partial charge in [0, 0.05) is 28.9 Å². The zero-order valence-electron chi connectivity index (χ0n) is 16.3. The van der Waals surface area contributed by atoms with Gasteiger partial charge in [0.25, 0.3) is 0 Å². The number of benzene rings is 1. The number of imidazole rings is 1. The van der Waals surface area contributed by atoms with Gasteiger partial charge in [-0.2, -0.15) is 0 Å². The van der Waals surface area contributed by atoms with Crippen molar-refractivity contribution in [2.75, 3.05) is 0 Å². The lowest BCUT2D eigenvalue weighted by molar-refractivity contribution is -0.121. The summed E-state index contributed by atoms with van der Waals surface area (Å²) in [4.78, 5) is 29.5. The summed E-state index contributed by atoms with van der Waals surface area (Å²) in [5.74, 6) is 1.10. The van der Waals surface area contributed by atoms with E-state index in [0.29, 0.717) is 27.0 Å². The maximum absolute atomic E-state index is 12.7. The Bertz CT molecular complexity index is 1300. The number of furan rings is 1. The lowest BCUT2D eigenvalue weighted by Crippen LogP contribution is -2.32. The maximum Gasteiger partial charge on any atom is 0.330 e. The van der Waals surface area contributed by atoms with E-state index in [0.717, 1.165) is 16.9 Å². The molecule has 30 heavy (non-hydrogen) atoms. The molecule has 3 heterocycles. The van der Waals surface area contributed by atoms with Gasteiger partial charge in [0.1, 0.15) is 18.1 Å². The van der Waals surface area contributed by atoms with E-state index in [4.69, 9.17) is 27.6 Å². The number of rotatable bonds is 5. The first-order valence-electron chi connectivity index (χ1n) is 9.15. The van der Waals surface area contributed by atoms with Crippen LogP contribution < -0.4 is 11.0 Å². The lowest BCUT2D eigenvalue weighted by Gasteiger charge is -2.06. The van der Waals surface area contributed by atoms with Crippen LogP contribution in [0.3, 0.4) is 0 Å². The Morgan fingerprint density at radius 3 is 2.53 bits per heavy atom. The highest BCUT2D eigenvalue weighted by molar-refractivity contribution is 6.35. The van der Waals surface area contributed by atoms with Crippen LogP contribution in [0.1, 0.15) is 11.5 Å². The molecular weight excluding hydrogens is 427 g/mol. The van der Waals surface area contributed by atoms with Crippen molar-refractivity contribution in [2.24, 2.45) is 7.05 Å². The minimum Gasteiger partial charge on any atom is -0.465 e. The number of pyridine rings is 1. The molecule has 0 fully saturated rings. The summed E-state index contributed by atoms with van der Waals surface area (Å²) in [5.41, 5.74) is 2.24. The third-order valence-corrected chi connectivity index (χ3v) is 5.17. The maximum atomic E-state index is 12.7. The van der Waals surface area contributed by atoms with E-state index in [-0.39, 0.29) is 24.7 Å². The molecule has 4 rings (SSSR count). The molecule has 3 aromatic heterocycles. The number of carbonyl (C=O) groups is 1. The number of nitrogens with one attached hydrogen (secondary N) is 1. The molecule has 1 amide bonds. The first-order chi connectivity index (χ1) is 14.3. The van der Waals surface area contributed by atoms with Crippen molar-refractivity contribution in [3.63, 3.8) is 0 Å². The summed E-state index contributed by atoms with van der Waals surface area (Å²) in [5, 5.41) is 3.77. The molecule has 0 aliphatic rings. The van der Waals surface area contributed by atoms with Crippen molar-refractivity contribution in [1.82, 2.24) is 19.4 Å². The zero-order chi connectivity index (χ0) is 21.4. The SMILES string of the molecule is Cc1ccc(CNC(=O)Cn2c(=O)n(C)c3cc(-c4cc(Cl)cc(Cl)c4)cnc32)o1. The van der Waals surface area contributed by atoms with E-state index in [9.17, 15) is 9.59 Å². The van der Waals surface area contributed by atoms with Crippen molar-refractivity contribution in [3.05, 3.63) is 74.6 Å². The van der Waals surface area contributed by atoms with Gasteiger partial charge in [-0.25, -0.2) is 9.78 Å². The Balaban J connectivity index is 1.62. The number of hydrogen-bond acceptors (Lipinski definition) is 4. The van der Waals surface area contributed by atoms with Gasteiger partial charge < -0.3 is 9.73 Å². The van der Waals surface area contributed by atoms with Crippen LogP contribution in [-0.4, -0.2) is 20.0 Å². The van der Waals surface area contributed by atoms with E-state index in [1.807, 2.05) is 19.1 Å². The summed E-state index contributed by atoms with van der Waals surface area (Å²) in [7, 11) is 1.64. The third-order valence-electron chi connectivity index (χ3n) is 4.74. The Morgan fingerprint density at radius 2 is 1.87 bits per heavy atom. The van der Waals surface area contributed by atoms with Gasteiger partial charge in [0.15, 0.2) is 5.65 Å². The van der Waals surface area contributed by atoms with Crippen LogP contribution in [0.25, 0.3) is 22.3 Å². The zero-order valence-corrected chi connectivity index (χ0v) is 17.8. The number of nitrogens with zero attached hydrogens (tertiary/aromatic N) is 3. The van der Waals surface area contributed by atoms with Crippen molar-refractivity contribution in [2.45, 2.75) is 20.0 Å². The number of carbonyl (C=O) groups excluding carboxylic acids is 1. The van der Waals surface area contributed by atoms with E-state index in [2.05, 4.69) is 10.3 Å². The number of fused-ring (bicyclic) bond motifs is 1. The number of amides is 1. The second kappa shape index (κ2) is 8.01. The first-order valence-corrected chi connectivity index (χ1v) is 9.91. The quantitative estimate of drug-likeness (QED) is 0.505. The second-order valence-corrected chi connectivity index (χ2v) is 7.81. The topological polar surface area (TPSA) is 82.1 Å². The van der Waals surface area contributed by atoms with E-state index in [1.54, 1.807) is 37.5 Å². The van der Waals surface area contributed by atoms with E-state index in [1.165, 1.54) is 9.13 Å². The Hall–Kier alpha value is -3.03. The molecule has 1 N–H and O–H groups in total. The molecule has 0 saturated carbocycles. The van der Waals surface area contributed by atoms with Crippen molar-refractivity contribution in [3.8, 4) is 11.1 Å². The average molecular weight is 445 g/mol. The summed E-state index contributed by atoms with van der Waals surface area (Å²) < 4.78 is 8.24. The standard InChI is InChI=1S/C21H18Cl2N4O3/c1-12-3-4-17(30-12)10-24-19(28)11-27-20-18(26(2)21(27)29)7-14(9-25-20)13-5-15(22)8-16(23)6-13/h3-9H,10-11H2,1-2H3,(H,24,28). The Kier molecular flexibility index (Phi) is 5.40. The molecule has 9 heteroatoms. The van der Waals surface area contributed by atoms with E-state index >= 15 is 0 Å². The van der Waals surface area contributed by atoms with Gasteiger partial charge in [-0.1, -0.05) is 23.2 Å². The Labute approximate surface area is 181 Å². The molecule has 0 aliphatic carbocycles. The first kappa shape index (κ1) is 20.3. The molecule has 154 valence electrons. The summed E-state index contributed by atoms with van der Waals surface area (Å²) in [6.07, 6.45) is 1.63. The minimum absolute atomic E-state index is 0.148. The van der Waals surface area contributed by atoms with Gasteiger partial charge in [0.2, 0.25) is 5.91 Å². The summed E-state index contributed by atoms with van der Waals surface area (Å²) >= 11 is 12.2. The monoisotopic (exact) mass is 444 g/mol. The van der Waals surface area contributed by atoms with Crippen molar-refractivity contribution >= 4 is 40.3 Å². The minimum atomic E-state index is -0.331. The molecule has 7 nitrogen and oxygen atoms in total. The smallest absolute Gasteiger partial charge is 0.330 e. The molecule has 0 aliphatic heterocycles. The molecule has 0 atom stereocenters. The van der Waals surface area contributed by atoms with Crippen LogP contribution >= 0.6 is 23.2 Å². The summed E-state index contributed by atoms with van der Waals surface area (Å²) in [6, 6.07) is 10.6. The summed E-state index contributed by atoms with van der Waals surface area (Å²) in [6.45, 7) is 1.93. The molecule has 4 aromatic rings. The lowest BCUT2D eigenvalue weighted by atomic mass is 10.1. The fourth-order valence-corrected chi connectivity index (χ4v) is 3.79. The second-order valence-electron chi connectivity index (χ2n) is 6.94. The van der Waals surface area contributed by atoms with E-state index < -0.39 is 0 Å². The average Bonchev–Trinajstić information content (AvgIpc) is 3.22. The largest absolute Gasteiger partial charge is 0.465 e. The van der Waals surface area contributed by atoms with Crippen LogP contribution in [0.15, 0.2) is 51.8 Å². The third kappa shape index (κ3) is 3.99. The van der Waals surface area contributed by atoms with Gasteiger partial charge in [-0.3, -0.25) is 13.9 Å². The number of aromatic nitrogens is 3. The van der Waals surface area contributed by atoms with Gasteiger partial charge in [-0.05, 0) is 48.9 Å². The van der Waals surface area contributed by atoms with Crippen LogP contribution in [0.4, 0.5) is 0 Å². The molecule has 0 saturated heterocycles. The molecule has 0 radical (unpaired) electrons. The Morgan fingerprint density at radius 1 is 1.13 bits per heavy atom. The van der Waals surface area contributed by atoms with Crippen LogP contribution in [-0.2, 0) is 24.9 Å².